The Hall–Kier alpha value is -2.13. The fraction of sp³-hybridized carbons (Fsp3) is 0.316. The van der Waals surface area contributed by atoms with Crippen molar-refractivity contribution in [2.75, 3.05) is 0 Å². The van der Waals surface area contributed by atoms with E-state index in [0.29, 0.717) is 5.92 Å². The summed E-state index contributed by atoms with van der Waals surface area (Å²) in [4.78, 5) is 4.78. The number of aromatic nitrogens is 2. The van der Waals surface area contributed by atoms with E-state index in [-0.39, 0.29) is 0 Å². The summed E-state index contributed by atoms with van der Waals surface area (Å²) in [5.74, 6) is 0.508. The van der Waals surface area contributed by atoms with Crippen molar-refractivity contribution in [2.24, 2.45) is 0 Å². The number of hydrogen-bond acceptors (Lipinski definition) is 2. The van der Waals surface area contributed by atoms with Crippen LogP contribution in [0.15, 0.2) is 42.6 Å². The molecule has 0 bridgehead atoms. The number of benzene rings is 1. The number of imidazole rings is 1. The molecule has 0 saturated carbocycles. The maximum Gasteiger partial charge on any atom is 0.140 e. The average Bonchev–Trinajstić information content (AvgIpc) is 2.88. The minimum Gasteiger partial charge on any atom is -0.387 e. The molecule has 0 amide bonds. The fourth-order valence-corrected chi connectivity index (χ4v) is 2.86. The summed E-state index contributed by atoms with van der Waals surface area (Å²) in [5.41, 5.74) is 6.07. The Morgan fingerprint density at radius 2 is 1.73 bits per heavy atom. The standard InChI is InChI=1S/C19H22N2O/c1-12(2)15-7-9-16(10-8-15)17-18(14(4)22)21-11-5-6-13(3)19(21)20-17/h5-12,14,22H,1-4H3. The number of hydrogen-bond donors (Lipinski definition) is 1. The summed E-state index contributed by atoms with van der Waals surface area (Å²) in [5, 5.41) is 10.2. The lowest BCUT2D eigenvalue weighted by Crippen LogP contribution is -1.99. The van der Waals surface area contributed by atoms with Crippen molar-refractivity contribution >= 4 is 5.65 Å². The average molecular weight is 294 g/mol. The van der Waals surface area contributed by atoms with Crippen LogP contribution in [0.25, 0.3) is 16.9 Å². The van der Waals surface area contributed by atoms with Crippen LogP contribution in [0.3, 0.4) is 0 Å². The van der Waals surface area contributed by atoms with E-state index in [1.54, 1.807) is 6.92 Å². The van der Waals surface area contributed by atoms with Crippen LogP contribution >= 0.6 is 0 Å². The van der Waals surface area contributed by atoms with Crippen LogP contribution in [0.1, 0.15) is 49.6 Å². The molecule has 2 aromatic heterocycles. The predicted molar refractivity (Wildman–Crippen MR) is 90.1 cm³/mol. The van der Waals surface area contributed by atoms with Gasteiger partial charge in [-0.25, -0.2) is 4.98 Å². The molecule has 1 N–H and O–H groups in total. The second-order valence-electron chi connectivity index (χ2n) is 6.18. The smallest absolute Gasteiger partial charge is 0.140 e. The van der Waals surface area contributed by atoms with Crippen LogP contribution in [0, 0.1) is 6.92 Å². The molecule has 3 heteroatoms. The zero-order chi connectivity index (χ0) is 15.9. The van der Waals surface area contributed by atoms with E-state index in [1.807, 2.05) is 29.7 Å². The number of aryl methyl sites for hydroxylation is 1. The van der Waals surface area contributed by atoms with E-state index >= 15 is 0 Å². The summed E-state index contributed by atoms with van der Waals surface area (Å²) in [7, 11) is 0. The first-order valence-electron chi connectivity index (χ1n) is 7.75. The lowest BCUT2D eigenvalue weighted by Gasteiger charge is -2.09. The van der Waals surface area contributed by atoms with Crippen molar-refractivity contribution in [1.82, 2.24) is 9.38 Å². The molecule has 0 spiro atoms. The van der Waals surface area contributed by atoms with Crippen LogP contribution in [-0.4, -0.2) is 14.5 Å². The van der Waals surface area contributed by atoms with Gasteiger partial charge in [0.1, 0.15) is 5.65 Å². The molecule has 114 valence electrons. The molecule has 1 unspecified atom stereocenters. The molecule has 22 heavy (non-hydrogen) atoms. The monoisotopic (exact) mass is 294 g/mol. The molecular formula is C19H22N2O. The maximum atomic E-state index is 10.2. The summed E-state index contributed by atoms with van der Waals surface area (Å²) >= 11 is 0. The topological polar surface area (TPSA) is 37.5 Å². The molecule has 3 rings (SSSR count). The molecule has 0 aliphatic carbocycles. The lowest BCUT2D eigenvalue weighted by molar-refractivity contribution is 0.194. The van der Waals surface area contributed by atoms with Crippen molar-refractivity contribution in [2.45, 2.75) is 39.7 Å². The van der Waals surface area contributed by atoms with Gasteiger partial charge in [-0.3, -0.25) is 0 Å². The van der Waals surface area contributed by atoms with Gasteiger partial charge in [-0.1, -0.05) is 44.2 Å². The third-order valence-corrected chi connectivity index (χ3v) is 4.13. The first-order chi connectivity index (χ1) is 10.5. The Balaban J connectivity index is 2.21. The Morgan fingerprint density at radius 3 is 2.32 bits per heavy atom. The van der Waals surface area contributed by atoms with Crippen molar-refractivity contribution in [3.63, 3.8) is 0 Å². The quantitative estimate of drug-likeness (QED) is 0.773. The molecule has 0 radical (unpaired) electrons. The zero-order valence-electron chi connectivity index (χ0n) is 13.5. The van der Waals surface area contributed by atoms with Crippen LogP contribution in [0.2, 0.25) is 0 Å². The van der Waals surface area contributed by atoms with Crippen molar-refractivity contribution in [1.29, 1.82) is 0 Å². The van der Waals surface area contributed by atoms with Gasteiger partial charge in [-0.05, 0) is 37.0 Å². The van der Waals surface area contributed by atoms with Crippen molar-refractivity contribution in [3.8, 4) is 11.3 Å². The first-order valence-corrected chi connectivity index (χ1v) is 7.75. The van der Waals surface area contributed by atoms with Gasteiger partial charge in [-0.15, -0.1) is 0 Å². The number of aliphatic hydroxyl groups excluding tert-OH is 1. The number of pyridine rings is 1. The van der Waals surface area contributed by atoms with Crippen LogP contribution in [0.5, 0.6) is 0 Å². The minimum absolute atomic E-state index is 0.508. The third-order valence-electron chi connectivity index (χ3n) is 4.13. The van der Waals surface area contributed by atoms with Gasteiger partial charge in [0.2, 0.25) is 0 Å². The van der Waals surface area contributed by atoms with Crippen molar-refractivity contribution in [3.05, 3.63) is 59.4 Å². The highest BCUT2D eigenvalue weighted by Crippen LogP contribution is 2.30. The number of aliphatic hydroxyl groups is 1. The normalized spacial score (nSPS) is 13.0. The molecule has 0 fully saturated rings. The van der Waals surface area contributed by atoms with Crippen LogP contribution in [-0.2, 0) is 0 Å². The van der Waals surface area contributed by atoms with Gasteiger partial charge in [-0.2, -0.15) is 0 Å². The fourth-order valence-electron chi connectivity index (χ4n) is 2.86. The second kappa shape index (κ2) is 5.58. The Bertz CT molecular complexity index is 798. The molecule has 3 aromatic rings. The summed E-state index contributed by atoms with van der Waals surface area (Å²) < 4.78 is 1.99. The SMILES string of the molecule is Cc1cccn2c(C(C)O)c(-c3ccc(C(C)C)cc3)nc12. The minimum atomic E-state index is -0.573. The summed E-state index contributed by atoms with van der Waals surface area (Å²) in [6.45, 7) is 8.20. The Labute approximate surface area is 131 Å². The van der Waals surface area contributed by atoms with E-state index in [1.165, 1.54) is 5.56 Å². The van der Waals surface area contributed by atoms with E-state index in [2.05, 4.69) is 38.1 Å². The Morgan fingerprint density at radius 1 is 1.05 bits per heavy atom. The number of nitrogens with zero attached hydrogens (tertiary/aromatic N) is 2. The third kappa shape index (κ3) is 2.42. The van der Waals surface area contributed by atoms with Gasteiger partial charge in [0.05, 0.1) is 17.5 Å². The van der Waals surface area contributed by atoms with Crippen LogP contribution in [0.4, 0.5) is 0 Å². The molecule has 0 saturated heterocycles. The second-order valence-corrected chi connectivity index (χ2v) is 6.18. The molecule has 0 aliphatic heterocycles. The Kier molecular flexibility index (Phi) is 3.75. The van der Waals surface area contributed by atoms with Crippen molar-refractivity contribution < 1.29 is 5.11 Å². The molecule has 3 nitrogen and oxygen atoms in total. The van der Waals surface area contributed by atoms with E-state index in [9.17, 15) is 5.11 Å². The largest absolute Gasteiger partial charge is 0.387 e. The lowest BCUT2D eigenvalue weighted by atomic mass is 10.00. The van der Waals surface area contributed by atoms with E-state index < -0.39 is 6.10 Å². The van der Waals surface area contributed by atoms with Crippen LogP contribution < -0.4 is 0 Å². The molecule has 0 aliphatic rings. The zero-order valence-corrected chi connectivity index (χ0v) is 13.5. The van der Waals surface area contributed by atoms with Gasteiger partial charge < -0.3 is 9.51 Å². The van der Waals surface area contributed by atoms with Gasteiger partial charge in [0.25, 0.3) is 0 Å². The van der Waals surface area contributed by atoms with Gasteiger partial charge >= 0.3 is 0 Å². The maximum absolute atomic E-state index is 10.2. The molecule has 1 aromatic carbocycles. The first kappa shape index (κ1) is 14.8. The molecule has 2 heterocycles. The number of fused-ring (bicyclic) bond motifs is 1. The predicted octanol–water partition coefficient (Wildman–Crippen LogP) is 4.49. The molecular weight excluding hydrogens is 272 g/mol. The highest BCUT2D eigenvalue weighted by Gasteiger charge is 2.18. The van der Waals surface area contributed by atoms with E-state index in [4.69, 9.17) is 4.98 Å². The van der Waals surface area contributed by atoms with Gasteiger partial charge in [0, 0.05) is 11.8 Å². The highest BCUT2D eigenvalue weighted by molar-refractivity contribution is 5.68. The van der Waals surface area contributed by atoms with E-state index in [0.717, 1.165) is 28.2 Å². The highest BCUT2D eigenvalue weighted by atomic mass is 16.3. The number of rotatable bonds is 3. The summed E-state index contributed by atoms with van der Waals surface area (Å²) in [6.07, 6.45) is 1.39. The molecule has 1 atom stereocenters. The summed E-state index contributed by atoms with van der Waals surface area (Å²) in [6, 6.07) is 12.5. The van der Waals surface area contributed by atoms with Gasteiger partial charge in [0.15, 0.2) is 0 Å².